The molecule has 0 aromatic heterocycles. The third-order valence-electron chi connectivity index (χ3n) is 2.16. The Hall–Kier alpha value is -2.37. The molecule has 0 fully saturated rings. The molecule has 2 N–H and O–H groups in total. The SMILES string of the molecule is O=C(O)CC(CC(=O)Oc1ccccc1)C(=O)O. The van der Waals surface area contributed by atoms with Crippen LogP contribution in [0.15, 0.2) is 30.3 Å². The number of carbonyl (C=O) groups is 3. The number of esters is 1. The summed E-state index contributed by atoms with van der Waals surface area (Å²) in [5.74, 6) is -4.35. The molecule has 0 heterocycles. The van der Waals surface area contributed by atoms with Crippen molar-refractivity contribution < 1.29 is 29.3 Å². The fourth-order valence-electron chi connectivity index (χ4n) is 1.32. The molecule has 1 unspecified atom stereocenters. The number of carbonyl (C=O) groups excluding carboxylic acids is 1. The summed E-state index contributed by atoms with van der Waals surface area (Å²) in [4.78, 5) is 32.6. The number of carboxylic acids is 2. The second-order valence-electron chi connectivity index (χ2n) is 3.62. The van der Waals surface area contributed by atoms with Crippen molar-refractivity contribution >= 4 is 17.9 Å². The van der Waals surface area contributed by atoms with Gasteiger partial charge in [0, 0.05) is 0 Å². The van der Waals surface area contributed by atoms with Crippen molar-refractivity contribution in [2.75, 3.05) is 0 Å². The van der Waals surface area contributed by atoms with Crippen LogP contribution in [0.2, 0.25) is 0 Å². The van der Waals surface area contributed by atoms with Gasteiger partial charge in [-0.15, -0.1) is 0 Å². The number of aliphatic carboxylic acids is 2. The Morgan fingerprint density at radius 3 is 2.17 bits per heavy atom. The summed E-state index contributed by atoms with van der Waals surface area (Å²) in [5, 5.41) is 17.3. The van der Waals surface area contributed by atoms with Crippen LogP contribution in [0.25, 0.3) is 0 Å². The van der Waals surface area contributed by atoms with Gasteiger partial charge in [-0.1, -0.05) is 18.2 Å². The number of hydrogen-bond acceptors (Lipinski definition) is 4. The minimum atomic E-state index is -1.33. The molecule has 0 spiro atoms. The second-order valence-corrected chi connectivity index (χ2v) is 3.62. The van der Waals surface area contributed by atoms with Gasteiger partial charge in [-0.05, 0) is 12.1 Å². The average molecular weight is 252 g/mol. The van der Waals surface area contributed by atoms with E-state index in [4.69, 9.17) is 14.9 Å². The molecule has 6 nitrogen and oxygen atoms in total. The van der Waals surface area contributed by atoms with Gasteiger partial charge < -0.3 is 14.9 Å². The fourth-order valence-corrected chi connectivity index (χ4v) is 1.32. The van der Waals surface area contributed by atoms with Gasteiger partial charge in [0.2, 0.25) is 0 Å². The lowest BCUT2D eigenvalue weighted by Gasteiger charge is -2.09. The van der Waals surface area contributed by atoms with E-state index in [0.29, 0.717) is 5.75 Å². The summed E-state index contributed by atoms with van der Waals surface area (Å²) < 4.78 is 4.88. The van der Waals surface area contributed by atoms with Crippen LogP contribution < -0.4 is 4.74 Å². The third kappa shape index (κ3) is 4.65. The average Bonchev–Trinajstić information content (AvgIpc) is 2.28. The first kappa shape index (κ1) is 13.7. The Morgan fingerprint density at radius 1 is 1.06 bits per heavy atom. The molecule has 6 heteroatoms. The summed E-state index contributed by atoms with van der Waals surface area (Å²) in [6.07, 6.45) is -1.09. The Kier molecular flexibility index (Phi) is 4.86. The van der Waals surface area contributed by atoms with Crippen LogP contribution in [-0.2, 0) is 14.4 Å². The van der Waals surface area contributed by atoms with E-state index < -0.39 is 36.7 Å². The van der Waals surface area contributed by atoms with Crippen LogP contribution in [0, 0.1) is 5.92 Å². The minimum Gasteiger partial charge on any atom is -0.481 e. The summed E-state index contributed by atoms with van der Waals surface area (Å²) in [6.45, 7) is 0. The summed E-state index contributed by atoms with van der Waals surface area (Å²) in [6, 6.07) is 8.15. The van der Waals surface area contributed by atoms with Gasteiger partial charge in [0.1, 0.15) is 5.75 Å². The molecular weight excluding hydrogens is 240 g/mol. The highest BCUT2D eigenvalue weighted by molar-refractivity contribution is 5.83. The maximum Gasteiger partial charge on any atom is 0.312 e. The van der Waals surface area contributed by atoms with Gasteiger partial charge in [-0.25, -0.2) is 0 Å². The first-order chi connectivity index (χ1) is 8.49. The number of ether oxygens (including phenoxy) is 1. The first-order valence-corrected chi connectivity index (χ1v) is 5.19. The lowest BCUT2D eigenvalue weighted by atomic mass is 10.0. The summed E-state index contributed by atoms with van der Waals surface area (Å²) in [5.41, 5.74) is 0. The molecule has 96 valence electrons. The number of para-hydroxylation sites is 1. The van der Waals surface area contributed by atoms with E-state index in [9.17, 15) is 14.4 Å². The minimum absolute atomic E-state index is 0.293. The molecule has 0 saturated carbocycles. The third-order valence-corrected chi connectivity index (χ3v) is 2.16. The molecule has 1 rings (SSSR count). The monoisotopic (exact) mass is 252 g/mol. The highest BCUT2D eigenvalue weighted by atomic mass is 16.5. The molecule has 0 bridgehead atoms. The molecule has 1 aromatic carbocycles. The molecular formula is C12H12O6. The lowest BCUT2D eigenvalue weighted by molar-refractivity contribution is -0.151. The van der Waals surface area contributed by atoms with Crippen molar-refractivity contribution in [3.8, 4) is 5.75 Å². The van der Waals surface area contributed by atoms with Crippen molar-refractivity contribution in [1.29, 1.82) is 0 Å². The van der Waals surface area contributed by atoms with Crippen LogP contribution in [0.4, 0.5) is 0 Å². The Morgan fingerprint density at radius 2 is 1.67 bits per heavy atom. The molecule has 0 aliphatic rings. The van der Waals surface area contributed by atoms with Crippen molar-refractivity contribution in [2.45, 2.75) is 12.8 Å². The molecule has 0 saturated heterocycles. The van der Waals surface area contributed by atoms with Gasteiger partial charge in [0.25, 0.3) is 0 Å². The lowest BCUT2D eigenvalue weighted by Crippen LogP contribution is -2.23. The van der Waals surface area contributed by atoms with E-state index in [1.165, 1.54) is 0 Å². The van der Waals surface area contributed by atoms with Crippen LogP contribution in [0.3, 0.4) is 0 Å². The molecule has 1 atom stereocenters. The molecule has 1 aromatic rings. The van der Waals surface area contributed by atoms with Crippen molar-refractivity contribution in [1.82, 2.24) is 0 Å². The summed E-state index contributed by atoms with van der Waals surface area (Å²) >= 11 is 0. The van der Waals surface area contributed by atoms with Gasteiger partial charge in [0.15, 0.2) is 0 Å². The quantitative estimate of drug-likeness (QED) is 0.582. The Balaban J connectivity index is 2.56. The number of hydrogen-bond donors (Lipinski definition) is 2. The van der Waals surface area contributed by atoms with Crippen molar-refractivity contribution in [3.05, 3.63) is 30.3 Å². The van der Waals surface area contributed by atoms with E-state index >= 15 is 0 Å². The topological polar surface area (TPSA) is 101 Å². The van der Waals surface area contributed by atoms with Crippen LogP contribution in [-0.4, -0.2) is 28.1 Å². The standard InChI is InChI=1S/C12H12O6/c13-10(14)6-8(12(16)17)7-11(15)18-9-4-2-1-3-5-9/h1-5,8H,6-7H2,(H,13,14)(H,16,17). The Bertz CT molecular complexity index is 439. The number of carboxylic acid groups (broad SMARTS) is 2. The summed E-state index contributed by atoms with van der Waals surface area (Å²) in [7, 11) is 0. The Labute approximate surface area is 103 Å². The van der Waals surface area contributed by atoms with Crippen LogP contribution >= 0.6 is 0 Å². The van der Waals surface area contributed by atoms with Crippen LogP contribution in [0.5, 0.6) is 5.75 Å². The fraction of sp³-hybridized carbons (Fsp3) is 0.250. The molecule has 0 amide bonds. The predicted molar refractivity (Wildman–Crippen MR) is 60.1 cm³/mol. The number of rotatable bonds is 6. The smallest absolute Gasteiger partial charge is 0.312 e. The highest BCUT2D eigenvalue weighted by Gasteiger charge is 2.25. The molecule has 18 heavy (non-hydrogen) atoms. The van der Waals surface area contributed by atoms with Crippen molar-refractivity contribution in [2.24, 2.45) is 5.92 Å². The van der Waals surface area contributed by atoms with Gasteiger partial charge in [0.05, 0.1) is 18.8 Å². The van der Waals surface area contributed by atoms with Crippen LogP contribution in [0.1, 0.15) is 12.8 Å². The van der Waals surface area contributed by atoms with Crippen molar-refractivity contribution in [3.63, 3.8) is 0 Å². The van der Waals surface area contributed by atoms with Gasteiger partial charge >= 0.3 is 17.9 Å². The molecule has 0 aliphatic heterocycles. The maximum atomic E-state index is 11.4. The normalized spacial score (nSPS) is 11.6. The predicted octanol–water partition coefficient (Wildman–Crippen LogP) is 1.16. The van der Waals surface area contributed by atoms with E-state index in [1.807, 2.05) is 0 Å². The van der Waals surface area contributed by atoms with Gasteiger partial charge in [-0.3, -0.25) is 14.4 Å². The zero-order valence-corrected chi connectivity index (χ0v) is 9.41. The molecule has 0 radical (unpaired) electrons. The number of benzene rings is 1. The maximum absolute atomic E-state index is 11.4. The zero-order chi connectivity index (χ0) is 13.5. The van der Waals surface area contributed by atoms with E-state index in [1.54, 1.807) is 30.3 Å². The van der Waals surface area contributed by atoms with E-state index in [0.717, 1.165) is 0 Å². The second kappa shape index (κ2) is 6.39. The van der Waals surface area contributed by atoms with Gasteiger partial charge in [-0.2, -0.15) is 0 Å². The van der Waals surface area contributed by atoms with E-state index in [-0.39, 0.29) is 0 Å². The molecule has 0 aliphatic carbocycles. The highest BCUT2D eigenvalue weighted by Crippen LogP contribution is 2.14. The largest absolute Gasteiger partial charge is 0.481 e. The van der Waals surface area contributed by atoms with E-state index in [2.05, 4.69) is 0 Å². The zero-order valence-electron chi connectivity index (χ0n) is 9.41. The first-order valence-electron chi connectivity index (χ1n) is 5.19.